The second-order valence-electron chi connectivity index (χ2n) is 2.31. The summed E-state index contributed by atoms with van der Waals surface area (Å²) in [5, 5.41) is 17.1. The minimum atomic E-state index is 0.0119. The molecule has 16 heavy (non-hydrogen) atoms. The van der Waals surface area contributed by atoms with Crippen molar-refractivity contribution in [3.8, 4) is 17.9 Å². The van der Waals surface area contributed by atoms with Crippen LogP contribution in [0.5, 0.6) is 5.75 Å². The van der Waals surface area contributed by atoms with Gasteiger partial charge in [-0.3, -0.25) is 0 Å². The molecule has 0 amide bonds. The molecule has 0 saturated carbocycles. The van der Waals surface area contributed by atoms with Crippen molar-refractivity contribution in [2.45, 2.75) is 0 Å². The van der Waals surface area contributed by atoms with E-state index >= 15 is 0 Å². The van der Waals surface area contributed by atoms with Crippen molar-refractivity contribution in [2.75, 3.05) is 11.9 Å². The topological polar surface area (TPSA) is 56.8 Å². The van der Waals surface area contributed by atoms with Gasteiger partial charge in [0.1, 0.15) is 11.8 Å². The third-order valence-corrected chi connectivity index (χ3v) is 2.24. The highest BCUT2D eigenvalue weighted by Crippen LogP contribution is 2.26. The maximum absolute atomic E-state index is 8.22. The monoisotopic (exact) mass is 320 g/mol. The molecule has 0 unspecified atom stereocenters. The molecule has 0 aliphatic heterocycles. The average Bonchev–Trinajstić information content (AvgIpc) is 2.31. The number of halogens is 3. The highest BCUT2D eigenvalue weighted by atomic mass is 79.9. The van der Waals surface area contributed by atoms with Gasteiger partial charge in [0.05, 0.1) is 21.4 Å². The van der Waals surface area contributed by atoms with Crippen LogP contribution in [-0.2, 0) is 0 Å². The fraction of sp³-hybridized carbons (Fsp3) is 0.200. The lowest BCUT2D eigenvalue weighted by molar-refractivity contribution is 0.368. The van der Waals surface area contributed by atoms with Gasteiger partial charge in [-0.05, 0) is 12.1 Å². The first-order valence-electron chi connectivity index (χ1n) is 4.03. The Bertz CT molecular complexity index is 412. The Morgan fingerprint density at radius 3 is 2.25 bits per heavy atom. The fourth-order valence-electron chi connectivity index (χ4n) is 0.682. The zero-order valence-electron chi connectivity index (χ0n) is 8.08. The maximum atomic E-state index is 8.22. The molecule has 6 heteroatoms. The van der Waals surface area contributed by atoms with Gasteiger partial charge in [-0.15, -0.1) is 0 Å². The molecule has 0 aliphatic rings. The molecule has 0 spiro atoms. The predicted octanol–water partition coefficient (Wildman–Crippen LogP) is 3.80. The molecule has 0 N–H and O–H groups in total. The van der Waals surface area contributed by atoms with E-state index in [0.717, 1.165) is 0 Å². The Morgan fingerprint density at radius 2 is 1.81 bits per heavy atom. The molecule has 84 valence electrons. The van der Waals surface area contributed by atoms with Crippen LogP contribution in [0.2, 0.25) is 10.0 Å². The lowest BCUT2D eigenvalue weighted by Gasteiger charge is -2.01. The van der Waals surface area contributed by atoms with E-state index in [1.54, 1.807) is 18.2 Å². The largest absolute Gasteiger partial charge is 0.479 e. The Hall–Kier alpha value is -0.940. The van der Waals surface area contributed by atoms with Crippen LogP contribution in [0.25, 0.3) is 0 Å². The number of nitrogens with zero attached hydrogens (tertiary/aromatic N) is 2. The first-order valence-corrected chi connectivity index (χ1v) is 5.91. The van der Waals surface area contributed by atoms with Crippen molar-refractivity contribution in [3.63, 3.8) is 0 Å². The molecule has 0 bridgehead atoms. The van der Waals surface area contributed by atoms with Crippen LogP contribution in [0, 0.1) is 22.7 Å². The number of nitriles is 2. The molecule has 3 nitrogen and oxygen atoms in total. The van der Waals surface area contributed by atoms with E-state index in [1.165, 1.54) is 0 Å². The van der Waals surface area contributed by atoms with E-state index in [9.17, 15) is 0 Å². The van der Waals surface area contributed by atoms with Crippen molar-refractivity contribution in [2.24, 2.45) is 0 Å². The molecule has 1 aromatic carbocycles. The summed E-state index contributed by atoms with van der Waals surface area (Å²) in [6.07, 6.45) is 0. The lowest BCUT2D eigenvalue weighted by Crippen LogP contribution is -1.92. The van der Waals surface area contributed by atoms with Crippen LogP contribution in [0.15, 0.2) is 18.2 Å². The normalized spacial score (nSPS) is 8.06. The number of benzene rings is 1. The van der Waals surface area contributed by atoms with Crippen molar-refractivity contribution >= 4 is 39.1 Å². The van der Waals surface area contributed by atoms with E-state index in [1.807, 2.05) is 12.1 Å². The number of hydrogen-bond acceptors (Lipinski definition) is 3. The van der Waals surface area contributed by atoms with Crippen LogP contribution >= 0.6 is 39.1 Å². The molecule has 0 atom stereocenters. The summed E-state index contributed by atoms with van der Waals surface area (Å²) in [6, 6.07) is 8.55. The number of ether oxygens (including phenoxy) is 1. The van der Waals surface area contributed by atoms with E-state index < -0.39 is 0 Å². The summed E-state index contributed by atoms with van der Waals surface area (Å²) in [6.45, 7) is 0.0119. The quantitative estimate of drug-likeness (QED) is 0.778. The SMILES string of the molecule is N#CCBr.N#CCOc1ccc(Cl)c(Cl)c1. The fourth-order valence-corrected chi connectivity index (χ4v) is 0.970. The summed E-state index contributed by atoms with van der Waals surface area (Å²) in [4.78, 5) is 0. The van der Waals surface area contributed by atoms with E-state index in [0.29, 0.717) is 21.1 Å². The minimum Gasteiger partial charge on any atom is -0.479 e. The smallest absolute Gasteiger partial charge is 0.174 e. The number of alkyl halides is 1. The van der Waals surface area contributed by atoms with E-state index in [-0.39, 0.29) is 6.61 Å². The molecule has 1 aromatic rings. The Balaban J connectivity index is 0.000000487. The van der Waals surface area contributed by atoms with Crippen LogP contribution in [-0.4, -0.2) is 11.9 Å². The van der Waals surface area contributed by atoms with Crippen LogP contribution in [0.4, 0.5) is 0 Å². The maximum Gasteiger partial charge on any atom is 0.174 e. The molecule has 0 heterocycles. The third-order valence-electron chi connectivity index (χ3n) is 1.25. The van der Waals surface area contributed by atoms with Crippen LogP contribution < -0.4 is 4.74 Å². The first-order chi connectivity index (χ1) is 7.65. The molecular weight excluding hydrogens is 315 g/mol. The van der Waals surface area contributed by atoms with Gasteiger partial charge in [0.2, 0.25) is 0 Å². The molecule has 1 rings (SSSR count). The summed E-state index contributed by atoms with van der Waals surface area (Å²) in [5.41, 5.74) is 0. The molecule has 0 saturated heterocycles. The molecule has 0 aromatic heterocycles. The molecule has 0 aliphatic carbocycles. The highest BCUT2D eigenvalue weighted by molar-refractivity contribution is 9.09. The third kappa shape index (κ3) is 6.53. The summed E-state index contributed by atoms with van der Waals surface area (Å²) in [7, 11) is 0. The van der Waals surface area contributed by atoms with Gasteiger partial charge in [-0.1, -0.05) is 39.1 Å². The Morgan fingerprint density at radius 1 is 1.19 bits per heavy atom. The second kappa shape index (κ2) is 9.30. The van der Waals surface area contributed by atoms with Crippen molar-refractivity contribution in [1.82, 2.24) is 0 Å². The van der Waals surface area contributed by atoms with Crippen molar-refractivity contribution < 1.29 is 4.74 Å². The summed E-state index contributed by atoms with van der Waals surface area (Å²) < 4.78 is 4.99. The van der Waals surface area contributed by atoms with Gasteiger partial charge in [-0.2, -0.15) is 10.5 Å². The second-order valence-corrected chi connectivity index (χ2v) is 3.69. The summed E-state index contributed by atoms with van der Waals surface area (Å²) in [5.74, 6) is 0.547. The Labute approximate surface area is 112 Å². The number of hydrogen-bond donors (Lipinski definition) is 0. The number of rotatable bonds is 2. The van der Waals surface area contributed by atoms with Gasteiger partial charge >= 0.3 is 0 Å². The van der Waals surface area contributed by atoms with Gasteiger partial charge < -0.3 is 4.74 Å². The first kappa shape index (κ1) is 15.1. The van der Waals surface area contributed by atoms with Gasteiger partial charge in [-0.25, -0.2) is 0 Å². The van der Waals surface area contributed by atoms with Crippen LogP contribution in [0.1, 0.15) is 0 Å². The van der Waals surface area contributed by atoms with Crippen LogP contribution in [0.3, 0.4) is 0 Å². The van der Waals surface area contributed by atoms with Gasteiger partial charge in [0, 0.05) is 6.07 Å². The Kier molecular flexibility index (Phi) is 8.75. The zero-order chi connectivity index (χ0) is 12.4. The van der Waals surface area contributed by atoms with Crippen molar-refractivity contribution in [3.05, 3.63) is 28.2 Å². The lowest BCUT2D eigenvalue weighted by atomic mass is 10.3. The van der Waals surface area contributed by atoms with Crippen molar-refractivity contribution in [1.29, 1.82) is 10.5 Å². The average molecular weight is 322 g/mol. The molecule has 0 fully saturated rings. The van der Waals surface area contributed by atoms with Gasteiger partial charge in [0.15, 0.2) is 6.61 Å². The van der Waals surface area contributed by atoms with E-state index in [2.05, 4.69) is 15.9 Å². The minimum absolute atomic E-state index is 0.0119. The molecular formula is C10H7BrCl2N2O. The van der Waals surface area contributed by atoms with Gasteiger partial charge in [0.25, 0.3) is 0 Å². The zero-order valence-corrected chi connectivity index (χ0v) is 11.2. The molecule has 0 radical (unpaired) electrons. The summed E-state index contributed by atoms with van der Waals surface area (Å²) >= 11 is 14.2. The predicted molar refractivity (Wildman–Crippen MR) is 67.0 cm³/mol. The standard InChI is InChI=1S/C8H5Cl2NO.C2H2BrN/c9-7-2-1-6(5-8(7)10)12-4-3-11;3-1-2-4/h1-2,5H,4H2;1H2. The van der Waals surface area contributed by atoms with E-state index in [4.69, 9.17) is 38.5 Å². The highest BCUT2D eigenvalue weighted by Gasteiger charge is 1.98.